The molecule has 0 aliphatic heterocycles. The summed E-state index contributed by atoms with van der Waals surface area (Å²) in [5.74, 6) is -0.784. The smallest absolute Gasteiger partial charge is 0.264 e. The molecular formula is C30H36ClN3O4S. The first kappa shape index (κ1) is 30.2. The molecule has 0 aliphatic carbocycles. The van der Waals surface area contributed by atoms with Gasteiger partial charge < -0.3 is 10.2 Å². The van der Waals surface area contributed by atoms with Gasteiger partial charge in [-0.1, -0.05) is 80.0 Å². The predicted molar refractivity (Wildman–Crippen MR) is 156 cm³/mol. The second-order valence-electron chi connectivity index (χ2n) is 9.47. The fourth-order valence-electron chi connectivity index (χ4n) is 4.22. The molecule has 0 fully saturated rings. The number of anilines is 1. The number of sulfonamides is 1. The molecule has 3 aromatic rings. The Morgan fingerprint density at radius 3 is 2.13 bits per heavy atom. The van der Waals surface area contributed by atoms with E-state index in [1.807, 2.05) is 52.0 Å². The number of benzene rings is 3. The Balaban J connectivity index is 2.07. The van der Waals surface area contributed by atoms with Crippen molar-refractivity contribution in [2.24, 2.45) is 0 Å². The predicted octanol–water partition coefficient (Wildman–Crippen LogP) is 5.57. The van der Waals surface area contributed by atoms with Crippen LogP contribution in [-0.2, 0) is 26.2 Å². The fraction of sp³-hybridized carbons (Fsp3) is 0.333. The molecule has 0 aromatic heterocycles. The minimum absolute atomic E-state index is 0.0322. The molecular weight excluding hydrogens is 534 g/mol. The van der Waals surface area contributed by atoms with Crippen LogP contribution in [0.3, 0.4) is 0 Å². The molecule has 208 valence electrons. The van der Waals surface area contributed by atoms with Crippen molar-refractivity contribution >= 4 is 39.1 Å². The molecule has 39 heavy (non-hydrogen) atoms. The summed E-state index contributed by atoms with van der Waals surface area (Å²) in [7, 11) is -4.16. The highest BCUT2D eigenvalue weighted by molar-refractivity contribution is 7.92. The normalized spacial score (nSPS) is 12.8. The molecule has 2 atom stereocenters. The van der Waals surface area contributed by atoms with Gasteiger partial charge in [0.25, 0.3) is 10.0 Å². The number of carbonyl (C=O) groups is 2. The van der Waals surface area contributed by atoms with Crippen molar-refractivity contribution in [2.75, 3.05) is 10.8 Å². The van der Waals surface area contributed by atoms with Gasteiger partial charge >= 0.3 is 0 Å². The number of hydrogen-bond donors (Lipinski definition) is 1. The lowest BCUT2D eigenvalue weighted by molar-refractivity contribution is -0.140. The first-order valence-corrected chi connectivity index (χ1v) is 14.9. The second kappa shape index (κ2) is 13.6. The highest BCUT2D eigenvalue weighted by atomic mass is 35.5. The summed E-state index contributed by atoms with van der Waals surface area (Å²) in [5.41, 5.74) is 2.02. The third-order valence-corrected chi connectivity index (χ3v) is 8.81. The first-order valence-electron chi connectivity index (χ1n) is 13.1. The third kappa shape index (κ3) is 7.40. The summed E-state index contributed by atoms with van der Waals surface area (Å²) >= 11 is 6.44. The van der Waals surface area contributed by atoms with Crippen LogP contribution in [0.4, 0.5) is 5.69 Å². The highest BCUT2D eigenvalue weighted by Gasteiger charge is 2.34. The zero-order chi connectivity index (χ0) is 28.6. The van der Waals surface area contributed by atoms with Gasteiger partial charge in [0.15, 0.2) is 0 Å². The van der Waals surface area contributed by atoms with E-state index >= 15 is 0 Å². The molecule has 2 amide bonds. The molecule has 0 unspecified atom stereocenters. The number of nitrogens with one attached hydrogen (secondary N) is 1. The maximum atomic E-state index is 14.1. The van der Waals surface area contributed by atoms with Gasteiger partial charge in [0.2, 0.25) is 11.8 Å². The number of nitrogens with zero attached hydrogens (tertiary/aromatic N) is 2. The molecule has 1 N–H and O–H groups in total. The molecule has 3 aromatic carbocycles. The van der Waals surface area contributed by atoms with Gasteiger partial charge in [-0.15, -0.1) is 0 Å². The summed E-state index contributed by atoms with van der Waals surface area (Å²) in [4.78, 5) is 28.9. The molecule has 0 radical (unpaired) electrons. The molecule has 3 rings (SSSR count). The Bertz CT molecular complexity index is 1380. The van der Waals surface area contributed by atoms with Crippen molar-refractivity contribution in [1.29, 1.82) is 0 Å². The number of rotatable bonds is 12. The number of halogens is 1. The molecule has 7 nitrogen and oxygen atoms in total. The monoisotopic (exact) mass is 569 g/mol. The van der Waals surface area contributed by atoms with Crippen molar-refractivity contribution in [3.8, 4) is 0 Å². The molecule has 0 bridgehead atoms. The summed E-state index contributed by atoms with van der Waals surface area (Å²) in [6.45, 7) is 7.28. The molecule has 0 aliphatic rings. The number of hydrogen-bond acceptors (Lipinski definition) is 4. The lowest BCUT2D eigenvalue weighted by Crippen LogP contribution is -2.53. The van der Waals surface area contributed by atoms with Gasteiger partial charge in [0, 0.05) is 12.6 Å². The van der Waals surface area contributed by atoms with Crippen LogP contribution < -0.4 is 9.62 Å². The highest BCUT2D eigenvalue weighted by Crippen LogP contribution is 2.31. The van der Waals surface area contributed by atoms with Gasteiger partial charge in [0.1, 0.15) is 12.6 Å². The van der Waals surface area contributed by atoms with E-state index in [2.05, 4.69) is 5.32 Å². The van der Waals surface area contributed by atoms with Gasteiger partial charge in [-0.05, 0) is 62.1 Å². The number of carbonyl (C=O) groups excluding carboxylic acids is 2. The molecule has 0 heterocycles. The molecule has 0 saturated heterocycles. The summed E-state index contributed by atoms with van der Waals surface area (Å²) in [5, 5.41) is 3.17. The standard InChI is InChI=1S/C30H36ClN3O4S/c1-5-23(4)32-30(36)27(6-2)33(20-24-15-11-10-14-22(24)3)29(35)21-34(28-19-13-12-18-26(28)31)39(37,38)25-16-8-7-9-17-25/h7-19,23,27H,5-6,20-21H2,1-4H3,(H,32,36)/t23-,27-/m1/s1. The molecule has 0 saturated carbocycles. The van der Waals surface area contributed by atoms with Crippen LogP contribution in [0.5, 0.6) is 0 Å². The number of para-hydroxylation sites is 1. The van der Waals surface area contributed by atoms with E-state index in [-0.39, 0.29) is 34.1 Å². The summed E-state index contributed by atoms with van der Waals surface area (Å²) in [6.07, 6.45) is 1.10. The maximum Gasteiger partial charge on any atom is 0.264 e. The van der Waals surface area contributed by atoms with Crippen LogP contribution in [0.25, 0.3) is 0 Å². The van der Waals surface area contributed by atoms with Crippen LogP contribution in [0.1, 0.15) is 44.7 Å². The van der Waals surface area contributed by atoms with E-state index in [1.165, 1.54) is 17.0 Å². The average Bonchev–Trinajstić information content (AvgIpc) is 2.93. The fourth-order valence-corrected chi connectivity index (χ4v) is 5.96. The zero-order valence-electron chi connectivity index (χ0n) is 22.8. The van der Waals surface area contributed by atoms with Crippen LogP contribution in [-0.4, -0.2) is 43.8 Å². The second-order valence-corrected chi connectivity index (χ2v) is 11.7. The van der Waals surface area contributed by atoms with Crippen molar-refractivity contribution < 1.29 is 18.0 Å². The topological polar surface area (TPSA) is 86.8 Å². The quantitative estimate of drug-likeness (QED) is 0.309. The van der Waals surface area contributed by atoms with Crippen molar-refractivity contribution in [3.63, 3.8) is 0 Å². The van der Waals surface area contributed by atoms with Crippen LogP contribution in [0, 0.1) is 6.92 Å². The zero-order valence-corrected chi connectivity index (χ0v) is 24.4. The molecule has 9 heteroatoms. The first-order chi connectivity index (χ1) is 18.6. The largest absolute Gasteiger partial charge is 0.352 e. The Hall–Kier alpha value is -3.36. The van der Waals surface area contributed by atoms with Gasteiger partial charge in [0.05, 0.1) is 15.6 Å². The molecule has 0 spiro atoms. The van der Waals surface area contributed by atoms with Crippen molar-refractivity contribution in [2.45, 2.75) is 64.1 Å². The van der Waals surface area contributed by atoms with Gasteiger partial charge in [-0.3, -0.25) is 13.9 Å². The minimum Gasteiger partial charge on any atom is -0.352 e. The third-order valence-electron chi connectivity index (χ3n) is 6.72. The van der Waals surface area contributed by atoms with E-state index in [1.54, 1.807) is 42.5 Å². The maximum absolute atomic E-state index is 14.1. The van der Waals surface area contributed by atoms with Crippen LogP contribution >= 0.6 is 11.6 Å². The Labute approximate surface area is 236 Å². The van der Waals surface area contributed by atoms with Crippen LogP contribution in [0.2, 0.25) is 5.02 Å². The van der Waals surface area contributed by atoms with E-state index in [4.69, 9.17) is 11.6 Å². The lowest BCUT2D eigenvalue weighted by atomic mass is 10.1. The van der Waals surface area contributed by atoms with Crippen molar-refractivity contribution in [3.05, 3.63) is 95.0 Å². The minimum atomic E-state index is -4.16. The number of aryl methyl sites for hydroxylation is 1. The average molecular weight is 570 g/mol. The lowest BCUT2D eigenvalue weighted by Gasteiger charge is -2.34. The van der Waals surface area contributed by atoms with E-state index in [0.29, 0.717) is 6.42 Å². The summed E-state index contributed by atoms with van der Waals surface area (Å²) < 4.78 is 28.7. The van der Waals surface area contributed by atoms with Crippen molar-refractivity contribution in [1.82, 2.24) is 10.2 Å². The Morgan fingerprint density at radius 1 is 0.897 bits per heavy atom. The van der Waals surface area contributed by atoms with E-state index < -0.39 is 28.5 Å². The van der Waals surface area contributed by atoms with Crippen LogP contribution in [0.15, 0.2) is 83.8 Å². The van der Waals surface area contributed by atoms with Gasteiger partial charge in [-0.25, -0.2) is 8.42 Å². The summed E-state index contributed by atoms with van der Waals surface area (Å²) in [6, 6.07) is 21.2. The van der Waals surface area contributed by atoms with Gasteiger partial charge in [-0.2, -0.15) is 0 Å². The Kier molecular flexibility index (Phi) is 10.5. The van der Waals surface area contributed by atoms with E-state index in [9.17, 15) is 18.0 Å². The van der Waals surface area contributed by atoms with E-state index in [0.717, 1.165) is 21.9 Å². The number of amides is 2. The SMILES string of the molecule is CC[C@@H](C)NC(=O)[C@@H](CC)N(Cc1ccccc1C)C(=O)CN(c1ccccc1Cl)S(=O)(=O)c1ccccc1. The Morgan fingerprint density at radius 2 is 1.51 bits per heavy atom.